The number of fused-ring (bicyclic) bond motifs is 1. The molecule has 2 heterocycles. The summed E-state index contributed by atoms with van der Waals surface area (Å²) < 4.78 is 5.84. The Bertz CT molecular complexity index is 1010. The highest BCUT2D eigenvalue weighted by Gasteiger charge is 2.12. The Morgan fingerprint density at radius 1 is 0.960 bits per heavy atom. The van der Waals surface area contributed by atoms with Gasteiger partial charge in [-0.2, -0.15) is 4.98 Å². The molecule has 0 aliphatic carbocycles. The lowest BCUT2D eigenvalue weighted by Gasteiger charge is -2.17. The second-order valence-electron chi connectivity index (χ2n) is 5.86. The number of aromatic nitrogens is 2. The summed E-state index contributed by atoms with van der Waals surface area (Å²) in [5, 5.41) is 0.649. The summed E-state index contributed by atoms with van der Waals surface area (Å²) >= 11 is 6.05. The Labute approximate surface area is 150 Å². The average molecular weight is 350 g/mol. The summed E-state index contributed by atoms with van der Waals surface area (Å²) in [6.07, 6.45) is 0. The monoisotopic (exact) mass is 349 g/mol. The van der Waals surface area contributed by atoms with Crippen molar-refractivity contribution < 1.29 is 4.42 Å². The molecule has 25 heavy (non-hydrogen) atoms. The molecule has 5 heteroatoms. The van der Waals surface area contributed by atoms with Crippen LogP contribution in [0.1, 0.15) is 5.56 Å². The summed E-state index contributed by atoms with van der Waals surface area (Å²) in [4.78, 5) is 11.2. The van der Waals surface area contributed by atoms with Crippen LogP contribution in [0.3, 0.4) is 0 Å². The predicted molar refractivity (Wildman–Crippen MR) is 101 cm³/mol. The van der Waals surface area contributed by atoms with E-state index in [1.165, 1.54) is 5.56 Å². The van der Waals surface area contributed by atoms with Crippen LogP contribution >= 0.6 is 11.6 Å². The Morgan fingerprint density at radius 2 is 1.80 bits per heavy atom. The smallest absolute Gasteiger partial charge is 0.249 e. The van der Waals surface area contributed by atoms with E-state index < -0.39 is 0 Å². The van der Waals surface area contributed by atoms with Gasteiger partial charge in [-0.05, 0) is 35.9 Å². The minimum absolute atomic E-state index is 0.521. The lowest BCUT2D eigenvalue weighted by atomic mass is 10.2. The van der Waals surface area contributed by atoms with Gasteiger partial charge in [0.2, 0.25) is 11.6 Å². The molecular weight excluding hydrogens is 334 g/mol. The van der Waals surface area contributed by atoms with E-state index in [-0.39, 0.29) is 0 Å². The molecule has 0 N–H and O–H groups in total. The van der Waals surface area contributed by atoms with Crippen LogP contribution in [0.15, 0.2) is 71.1 Å². The number of nitrogens with zero attached hydrogens (tertiary/aromatic N) is 3. The van der Waals surface area contributed by atoms with Gasteiger partial charge in [0.05, 0.1) is 0 Å². The molecule has 4 nitrogen and oxygen atoms in total. The van der Waals surface area contributed by atoms with E-state index >= 15 is 0 Å². The van der Waals surface area contributed by atoms with Gasteiger partial charge in [0.15, 0.2) is 0 Å². The number of hydrogen-bond donors (Lipinski definition) is 0. The zero-order valence-electron chi connectivity index (χ0n) is 13.7. The molecule has 2 aromatic carbocycles. The SMILES string of the molecule is CN(Cc1ccccc1)c1ccc2nc(-c3cccc(Cl)c3)oc2n1. The van der Waals surface area contributed by atoms with E-state index in [1.807, 2.05) is 61.6 Å². The number of benzene rings is 2. The average Bonchev–Trinajstić information content (AvgIpc) is 3.06. The van der Waals surface area contributed by atoms with E-state index in [0.29, 0.717) is 16.6 Å². The molecule has 0 fully saturated rings. The number of halogens is 1. The molecule has 4 rings (SSSR count). The molecule has 124 valence electrons. The number of hydrogen-bond acceptors (Lipinski definition) is 4. The third-order valence-corrected chi connectivity index (χ3v) is 4.20. The van der Waals surface area contributed by atoms with Crippen LogP contribution in [-0.4, -0.2) is 17.0 Å². The second kappa shape index (κ2) is 6.57. The van der Waals surface area contributed by atoms with Crippen molar-refractivity contribution in [3.63, 3.8) is 0 Å². The molecule has 0 radical (unpaired) electrons. The number of oxazole rings is 1. The van der Waals surface area contributed by atoms with E-state index in [1.54, 1.807) is 0 Å². The maximum Gasteiger partial charge on any atom is 0.249 e. The maximum absolute atomic E-state index is 6.05. The van der Waals surface area contributed by atoms with Crippen molar-refractivity contribution in [2.75, 3.05) is 11.9 Å². The molecule has 0 saturated heterocycles. The van der Waals surface area contributed by atoms with Gasteiger partial charge < -0.3 is 9.32 Å². The summed E-state index contributed by atoms with van der Waals surface area (Å²) in [7, 11) is 2.01. The van der Waals surface area contributed by atoms with Crippen molar-refractivity contribution in [1.82, 2.24) is 9.97 Å². The predicted octanol–water partition coefficient (Wildman–Crippen LogP) is 5.18. The van der Waals surface area contributed by atoms with Gasteiger partial charge in [-0.25, -0.2) is 4.98 Å². The lowest BCUT2D eigenvalue weighted by molar-refractivity contribution is 0.607. The van der Waals surface area contributed by atoms with Crippen molar-refractivity contribution in [1.29, 1.82) is 0 Å². The first-order valence-electron chi connectivity index (χ1n) is 7.97. The van der Waals surface area contributed by atoms with Crippen LogP contribution in [0.2, 0.25) is 5.02 Å². The van der Waals surface area contributed by atoms with Crippen molar-refractivity contribution in [3.05, 3.63) is 77.3 Å². The maximum atomic E-state index is 6.05. The lowest BCUT2D eigenvalue weighted by Crippen LogP contribution is -2.17. The van der Waals surface area contributed by atoms with Crippen molar-refractivity contribution in [3.8, 4) is 11.5 Å². The molecule has 2 aromatic heterocycles. The van der Waals surface area contributed by atoms with Crippen LogP contribution in [0.4, 0.5) is 5.82 Å². The standard InChI is InChI=1S/C20H16ClN3O/c1-24(13-14-6-3-2-4-7-14)18-11-10-17-20(23-18)25-19(22-17)15-8-5-9-16(21)12-15/h2-12H,13H2,1H3. The van der Waals surface area contributed by atoms with Crippen LogP contribution in [0.5, 0.6) is 0 Å². The van der Waals surface area contributed by atoms with Gasteiger partial charge in [0.1, 0.15) is 11.3 Å². The number of anilines is 1. The third kappa shape index (κ3) is 3.35. The highest BCUT2D eigenvalue weighted by Crippen LogP contribution is 2.26. The first-order chi connectivity index (χ1) is 12.2. The molecular formula is C20H16ClN3O. The highest BCUT2D eigenvalue weighted by atomic mass is 35.5. The van der Waals surface area contributed by atoms with Gasteiger partial charge in [0, 0.05) is 24.2 Å². The largest absolute Gasteiger partial charge is 0.418 e. The van der Waals surface area contributed by atoms with E-state index in [4.69, 9.17) is 16.0 Å². The fraction of sp³-hybridized carbons (Fsp3) is 0.100. The quantitative estimate of drug-likeness (QED) is 0.509. The van der Waals surface area contributed by atoms with E-state index in [0.717, 1.165) is 23.4 Å². The Kier molecular flexibility index (Phi) is 4.12. The molecule has 4 aromatic rings. The third-order valence-electron chi connectivity index (χ3n) is 3.97. The normalized spacial score (nSPS) is 11.0. The number of rotatable bonds is 4. The van der Waals surface area contributed by atoms with Gasteiger partial charge in [0.25, 0.3) is 0 Å². The minimum Gasteiger partial charge on any atom is -0.418 e. The van der Waals surface area contributed by atoms with Crippen molar-refractivity contribution in [2.24, 2.45) is 0 Å². The molecule has 0 unspecified atom stereocenters. The molecule has 0 spiro atoms. The first-order valence-corrected chi connectivity index (χ1v) is 8.35. The molecule has 0 aliphatic rings. The Hall–Kier alpha value is -2.85. The first kappa shape index (κ1) is 15.7. The fourth-order valence-corrected chi connectivity index (χ4v) is 2.89. The molecule has 0 aliphatic heterocycles. The Morgan fingerprint density at radius 3 is 2.60 bits per heavy atom. The van der Waals surface area contributed by atoms with Crippen molar-refractivity contribution in [2.45, 2.75) is 6.54 Å². The van der Waals surface area contributed by atoms with E-state index in [9.17, 15) is 0 Å². The Balaban J connectivity index is 1.64. The zero-order valence-corrected chi connectivity index (χ0v) is 14.4. The van der Waals surface area contributed by atoms with Crippen molar-refractivity contribution >= 4 is 28.6 Å². The minimum atomic E-state index is 0.521. The fourth-order valence-electron chi connectivity index (χ4n) is 2.70. The zero-order chi connectivity index (χ0) is 17.2. The van der Waals surface area contributed by atoms with Crippen LogP contribution in [0.25, 0.3) is 22.7 Å². The summed E-state index contributed by atoms with van der Waals surface area (Å²) in [6, 6.07) is 21.6. The highest BCUT2D eigenvalue weighted by molar-refractivity contribution is 6.30. The van der Waals surface area contributed by atoms with Crippen LogP contribution in [0, 0.1) is 0 Å². The molecule has 0 amide bonds. The molecule has 0 atom stereocenters. The summed E-state index contributed by atoms with van der Waals surface area (Å²) in [5.41, 5.74) is 3.31. The van der Waals surface area contributed by atoms with Crippen LogP contribution < -0.4 is 4.90 Å². The van der Waals surface area contributed by atoms with Crippen LogP contribution in [-0.2, 0) is 6.54 Å². The second-order valence-corrected chi connectivity index (χ2v) is 6.30. The van der Waals surface area contributed by atoms with Gasteiger partial charge >= 0.3 is 0 Å². The molecule has 0 saturated carbocycles. The van der Waals surface area contributed by atoms with Gasteiger partial charge in [-0.15, -0.1) is 0 Å². The molecule has 0 bridgehead atoms. The number of pyridine rings is 1. The van der Waals surface area contributed by atoms with Gasteiger partial charge in [-0.3, -0.25) is 0 Å². The summed E-state index contributed by atoms with van der Waals surface area (Å²) in [6.45, 7) is 0.772. The van der Waals surface area contributed by atoms with E-state index in [2.05, 4.69) is 27.0 Å². The van der Waals surface area contributed by atoms with Gasteiger partial charge in [-0.1, -0.05) is 48.0 Å². The summed E-state index contributed by atoms with van der Waals surface area (Å²) in [5.74, 6) is 1.36. The topological polar surface area (TPSA) is 42.2 Å².